The fourth-order valence-corrected chi connectivity index (χ4v) is 5.22. The molecule has 0 spiro atoms. The highest BCUT2D eigenvalue weighted by Gasteiger charge is 2.29. The minimum Gasteiger partial charge on any atom is -0.497 e. The number of rotatable bonds is 14. The van der Waals surface area contributed by atoms with Gasteiger partial charge < -0.3 is 15.0 Å². The quantitative estimate of drug-likeness (QED) is 0.394. The van der Waals surface area contributed by atoms with Crippen LogP contribution in [0.15, 0.2) is 42.5 Å². The predicted molar refractivity (Wildman–Crippen MR) is 148 cm³/mol. The van der Waals surface area contributed by atoms with Gasteiger partial charge in [-0.25, -0.2) is 8.42 Å². The zero-order valence-electron chi connectivity index (χ0n) is 22.9. The van der Waals surface area contributed by atoms with Crippen LogP contribution in [0.1, 0.15) is 56.2 Å². The van der Waals surface area contributed by atoms with E-state index in [0.717, 1.165) is 23.1 Å². The van der Waals surface area contributed by atoms with E-state index in [9.17, 15) is 18.0 Å². The van der Waals surface area contributed by atoms with Gasteiger partial charge in [0.2, 0.25) is 21.8 Å². The summed E-state index contributed by atoms with van der Waals surface area (Å²) >= 11 is 0. The summed E-state index contributed by atoms with van der Waals surface area (Å²) < 4.78 is 31.8. The Balaban J connectivity index is 2.24. The number of ether oxygens (including phenoxy) is 1. The zero-order valence-corrected chi connectivity index (χ0v) is 23.7. The molecule has 2 rings (SSSR count). The largest absolute Gasteiger partial charge is 0.497 e. The number of benzene rings is 2. The first-order chi connectivity index (χ1) is 17.5. The molecule has 204 valence electrons. The van der Waals surface area contributed by atoms with Crippen molar-refractivity contribution in [3.05, 3.63) is 59.2 Å². The normalized spacial score (nSPS) is 12.1. The maximum absolute atomic E-state index is 13.5. The number of hydrogen-bond donors (Lipinski definition) is 1. The molecule has 0 aromatic heterocycles. The molecular weight excluding hydrogens is 490 g/mol. The van der Waals surface area contributed by atoms with Crippen LogP contribution >= 0.6 is 0 Å². The van der Waals surface area contributed by atoms with Gasteiger partial charge in [-0.05, 0) is 68.0 Å². The molecular formula is C28H41N3O5S. The number of carbonyl (C=O) groups excluding carboxylic acids is 2. The predicted octanol–water partition coefficient (Wildman–Crippen LogP) is 4.19. The van der Waals surface area contributed by atoms with Crippen LogP contribution in [0.2, 0.25) is 0 Å². The highest BCUT2D eigenvalue weighted by molar-refractivity contribution is 7.92. The molecule has 0 unspecified atom stereocenters. The molecule has 2 amide bonds. The summed E-state index contributed by atoms with van der Waals surface area (Å²) in [4.78, 5) is 28.0. The Morgan fingerprint density at radius 1 is 1.05 bits per heavy atom. The number of nitrogens with one attached hydrogen (secondary N) is 1. The van der Waals surface area contributed by atoms with E-state index in [-0.39, 0.29) is 31.3 Å². The monoisotopic (exact) mass is 531 g/mol. The van der Waals surface area contributed by atoms with Crippen LogP contribution in [0.25, 0.3) is 0 Å². The Labute approximate surface area is 222 Å². The molecule has 2 aromatic rings. The van der Waals surface area contributed by atoms with Gasteiger partial charge in [-0.15, -0.1) is 0 Å². The molecule has 1 N–H and O–H groups in total. The second kappa shape index (κ2) is 14.0. The fourth-order valence-electron chi connectivity index (χ4n) is 4.20. The van der Waals surface area contributed by atoms with Crippen LogP contribution in [-0.4, -0.2) is 57.6 Å². The van der Waals surface area contributed by atoms with Gasteiger partial charge in [-0.1, -0.05) is 38.1 Å². The van der Waals surface area contributed by atoms with Crippen molar-refractivity contribution in [2.45, 2.75) is 66.0 Å². The van der Waals surface area contributed by atoms with Crippen LogP contribution < -0.4 is 14.4 Å². The molecule has 1 atom stereocenters. The number of sulfonamides is 1. The van der Waals surface area contributed by atoms with E-state index in [0.29, 0.717) is 30.8 Å². The second-order valence-electron chi connectivity index (χ2n) is 9.24. The third-order valence-electron chi connectivity index (χ3n) is 6.44. The average molecular weight is 532 g/mol. The van der Waals surface area contributed by atoms with Gasteiger partial charge in [0.1, 0.15) is 11.8 Å². The van der Waals surface area contributed by atoms with E-state index < -0.39 is 16.1 Å². The van der Waals surface area contributed by atoms with Crippen LogP contribution in [-0.2, 0) is 26.2 Å². The molecule has 0 radical (unpaired) electrons. The lowest BCUT2D eigenvalue weighted by Gasteiger charge is -2.31. The maximum atomic E-state index is 13.5. The number of methoxy groups -OCH3 is 1. The summed E-state index contributed by atoms with van der Waals surface area (Å²) in [5.74, 6) is 0.338. The van der Waals surface area contributed by atoms with Crippen molar-refractivity contribution in [1.29, 1.82) is 0 Å². The molecule has 8 nitrogen and oxygen atoms in total. The Bertz CT molecular complexity index is 1150. The topological polar surface area (TPSA) is 96.0 Å². The minimum absolute atomic E-state index is 0.116. The number of aryl methyl sites for hydroxylation is 1. The molecule has 0 bridgehead atoms. The van der Waals surface area contributed by atoms with Gasteiger partial charge in [0.15, 0.2) is 0 Å². The molecule has 0 saturated carbocycles. The Hall–Kier alpha value is -3.07. The Morgan fingerprint density at radius 2 is 1.73 bits per heavy atom. The number of nitrogens with zero attached hydrogens (tertiary/aromatic N) is 2. The molecule has 37 heavy (non-hydrogen) atoms. The van der Waals surface area contributed by atoms with Crippen molar-refractivity contribution < 1.29 is 22.7 Å². The zero-order chi connectivity index (χ0) is 27.6. The molecule has 9 heteroatoms. The lowest BCUT2D eigenvalue weighted by molar-refractivity contribution is -0.141. The van der Waals surface area contributed by atoms with Gasteiger partial charge in [-0.2, -0.15) is 0 Å². The smallest absolute Gasteiger partial charge is 0.242 e. The fraction of sp³-hybridized carbons (Fsp3) is 0.500. The van der Waals surface area contributed by atoms with Crippen molar-refractivity contribution >= 4 is 27.5 Å². The first-order valence-electron chi connectivity index (χ1n) is 12.8. The Kier molecular flexibility index (Phi) is 11.4. The summed E-state index contributed by atoms with van der Waals surface area (Å²) in [5, 5.41) is 2.91. The Morgan fingerprint density at radius 3 is 2.30 bits per heavy atom. The van der Waals surface area contributed by atoms with Crippen LogP contribution in [0.3, 0.4) is 0 Å². The van der Waals surface area contributed by atoms with E-state index in [1.807, 2.05) is 64.1 Å². The summed E-state index contributed by atoms with van der Waals surface area (Å²) in [7, 11) is -1.95. The molecule has 0 saturated heterocycles. The lowest BCUT2D eigenvalue weighted by Crippen LogP contribution is -2.49. The molecule has 0 heterocycles. The van der Waals surface area contributed by atoms with Crippen LogP contribution in [0.5, 0.6) is 5.75 Å². The number of carbonyl (C=O) groups is 2. The summed E-state index contributed by atoms with van der Waals surface area (Å²) in [5.41, 5.74) is 3.38. The van der Waals surface area contributed by atoms with Crippen molar-refractivity contribution in [2.75, 3.05) is 30.8 Å². The van der Waals surface area contributed by atoms with Crippen molar-refractivity contribution in [3.8, 4) is 5.75 Å². The van der Waals surface area contributed by atoms with E-state index in [1.54, 1.807) is 18.1 Å². The summed E-state index contributed by atoms with van der Waals surface area (Å²) in [6.07, 6.45) is 2.89. The highest BCUT2D eigenvalue weighted by atomic mass is 32.2. The number of amides is 2. The van der Waals surface area contributed by atoms with Gasteiger partial charge in [-0.3, -0.25) is 13.9 Å². The standard InChI is InChI=1S/C28H41N3O5S/c1-7-18-29-28(33)25(8-2)30(20-23-14-16-24(36-5)17-15-23)27(32)13-10-19-31(37(6,34)35)26-12-9-11-21(3)22(26)4/h9,11-12,14-17,25H,7-8,10,13,18-20H2,1-6H3,(H,29,33)/t25-/m1/s1. The second-order valence-corrected chi connectivity index (χ2v) is 11.1. The van der Waals surface area contributed by atoms with E-state index in [4.69, 9.17) is 4.74 Å². The molecule has 2 aromatic carbocycles. The molecule has 0 aliphatic carbocycles. The van der Waals surface area contributed by atoms with Gasteiger partial charge in [0, 0.05) is 26.1 Å². The first-order valence-corrected chi connectivity index (χ1v) is 14.6. The van der Waals surface area contributed by atoms with Crippen molar-refractivity contribution in [3.63, 3.8) is 0 Å². The van der Waals surface area contributed by atoms with Gasteiger partial charge in [0.05, 0.1) is 19.1 Å². The minimum atomic E-state index is -3.54. The maximum Gasteiger partial charge on any atom is 0.242 e. The number of hydrogen-bond acceptors (Lipinski definition) is 5. The molecule has 0 aliphatic rings. The van der Waals surface area contributed by atoms with Gasteiger partial charge in [0.25, 0.3) is 0 Å². The van der Waals surface area contributed by atoms with E-state index in [2.05, 4.69) is 5.32 Å². The number of anilines is 1. The highest BCUT2D eigenvalue weighted by Crippen LogP contribution is 2.26. The summed E-state index contributed by atoms with van der Waals surface area (Å²) in [6, 6.07) is 12.3. The SMILES string of the molecule is CCCNC(=O)[C@@H](CC)N(Cc1ccc(OC)cc1)C(=O)CCCN(c1cccc(C)c1C)S(C)(=O)=O. The third kappa shape index (κ3) is 8.49. The third-order valence-corrected chi connectivity index (χ3v) is 7.62. The van der Waals surface area contributed by atoms with Crippen LogP contribution in [0.4, 0.5) is 5.69 Å². The summed E-state index contributed by atoms with van der Waals surface area (Å²) in [6.45, 7) is 8.68. The molecule has 0 fully saturated rings. The van der Waals surface area contributed by atoms with Crippen molar-refractivity contribution in [1.82, 2.24) is 10.2 Å². The van der Waals surface area contributed by atoms with E-state index >= 15 is 0 Å². The van der Waals surface area contributed by atoms with Crippen molar-refractivity contribution in [2.24, 2.45) is 0 Å². The molecule has 0 aliphatic heterocycles. The van der Waals surface area contributed by atoms with E-state index in [1.165, 1.54) is 10.6 Å². The van der Waals surface area contributed by atoms with Crippen LogP contribution in [0, 0.1) is 13.8 Å². The average Bonchev–Trinajstić information content (AvgIpc) is 2.86. The van der Waals surface area contributed by atoms with Gasteiger partial charge >= 0.3 is 0 Å². The first kappa shape index (κ1) is 30.2. The lowest BCUT2D eigenvalue weighted by atomic mass is 10.1.